The quantitative estimate of drug-likeness (QED) is 0.869. The monoisotopic (exact) mass is 232 g/mol. The van der Waals surface area contributed by atoms with Crippen molar-refractivity contribution in [3.63, 3.8) is 0 Å². The van der Waals surface area contributed by atoms with E-state index in [1.54, 1.807) is 0 Å². The number of amides is 1. The predicted octanol–water partition coefficient (Wildman–Crippen LogP) is 2.65. The molecule has 1 fully saturated rings. The number of benzene rings is 1. The van der Waals surface area contributed by atoms with Crippen molar-refractivity contribution in [2.75, 3.05) is 11.6 Å². The van der Waals surface area contributed by atoms with Crippen molar-refractivity contribution in [2.45, 2.75) is 33.6 Å². The lowest BCUT2D eigenvalue weighted by Crippen LogP contribution is -2.33. The van der Waals surface area contributed by atoms with Crippen LogP contribution < -0.4 is 10.4 Å². The zero-order valence-corrected chi connectivity index (χ0v) is 10.8. The number of nitrogens with one attached hydrogen (secondary N) is 1. The standard InChI is InChI=1S/C14H20N2O/c1-4-14(5-2)10-16(15-13(14)17)12-8-6-7-11(3)9-12/h6-9H,4-5,10H2,1-3H3,(H,15,17). The summed E-state index contributed by atoms with van der Waals surface area (Å²) in [5, 5.41) is 1.97. The first-order valence-electron chi connectivity index (χ1n) is 6.26. The summed E-state index contributed by atoms with van der Waals surface area (Å²) < 4.78 is 0. The number of hydrogen-bond donors (Lipinski definition) is 1. The fourth-order valence-corrected chi connectivity index (χ4v) is 2.40. The van der Waals surface area contributed by atoms with Crippen LogP contribution in [0.5, 0.6) is 0 Å². The number of carbonyl (C=O) groups excluding carboxylic acids is 1. The van der Waals surface area contributed by atoms with Crippen molar-refractivity contribution in [2.24, 2.45) is 5.41 Å². The molecule has 1 N–H and O–H groups in total. The molecule has 1 aliphatic heterocycles. The molecule has 0 atom stereocenters. The normalized spacial score (nSPS) is 18.3. The molecule has 0 aromatic heterocycles. The summed E-state index contributed by atoms with van der Waals surface area (Å²) in [4.78, 5) is 12.1. The first kappa shape index (κ1) is 12.0. The van der Waals surface area contributed by atoms with Gasteiger partial charge in [0.05, 0.1) is 17.6 Å². The van der Waals surface area contributed by atoms with E-state index in [4.69, 9.17) is 0 Å². The van der Waals surface area contributed by atoms with Gasteiger partial charge in [-0.1, -0.05) is 26.0 Å². The third kappa shape index (κ3) is 2.02. The Balaban J connectivity index is 2.25. The van der Waals surface area contributed by atoms with Gasteiger partial charge in [0.25, 0.3) is 0 Å². The minimum absolute atomic E-state index is 0.156. The molecule has 0 bridgehead atoms. The Labute approximate surface area is 103 Å². The van der Waals surface area contributed by atoms with Crippen molar-refractivity contribution >= 4 is 11.6 Å². The van der Waals surface area contributed by atoms with Crippen LogP contribution >= 0.6 is 0 Å². The number of nitrogens with zero attached hydrogens (tertiary/aromatic N) is 1. The molecule has 1 aromatic rings. The summed E-state index contributed by atoms with van der Waals surface area (Å²) in [6.07, 6.45) is 1.77. The molecule has 1 saturated heterocycles. The third-order valence-corrected chi connectivity index (χ3v) is 3.85. The highest BCUT2D eigenvalue weighted by molar-refractivity contribution is 5.87. The SMILES string of the molecule is CCC1(CC)CN(c2cccc(C)c2)NC1=O. The van der Waals surface area contributed by atoms with Gasteiger partial charge in [0, 0.05) is 0 Å². The lowest BCUT2D eigenvalue weighted by Gasteiger charge is -2.23. The van der Waals surface area contributed by atoms with Crippen molar-refractivity contribution < 1.29 is 4.79 Å². The van der Waals surface area contributed by atoms with E-state index in [9.17, 15) is 4.79 Å². The summed E-state index contributed by atoms with van der Waals surface area (Å²) in [6.45, 7) is 7.00. The second-order valence-corrected chi connectivity index (χ2v) is 4.85. The van der Waals surface area contributed by atoms with Crippen LogP contribution in [0, 0.1) is 12.3 Å². The van der Waals surface area contributed by atoms with Crippen LogP contribution in [0.1, 0.15) is 32.3 Å². The van der Waals surface area contributed by atoms with Crippen LogP contribution in [-0.4, -0.2) is 12.5 Å². The molecule has 17 heavy (non-hydrogen) atoms. The zero-order valence-electron chi connectivity index (χ0n) is 10.8. The van der Waals surface area contributed by atoms with Gasteiger partial charge < -0.3 is 0 Å². The molecule has 0 spiro atoms. The van der Waals surface area contributed by atoms with Gasteiger partial charge in [-0.15, -0.1) is 0 Å². The second kappa shape index (κ2) is 4.40. The zero-order chi connectivity index (χ0) is 12.5. The largest absolute Gasteiger partial charge is 0.284 e. The minimum atomic E-state index is -0.219. The number of hydrogen-bond acceptors (Lipinski definition) is 2. The molecule has 1 aromatic carbocycles. The van der Waals surface area contributed by atoms with E-state index < -0.39 is 0 Å². The third-order valence-electron chi connectivity index (χ3n) is 3.85. The van der Waals surface area contributed by atoms with Crippen LogP contribution in [0.15, 0.2) is 24.3 Å². The first-order valence-corrected chi connectivity index (χ1v) is 6.26. The Hall–Kier alpha value is -1.51. The van der Waals surface area contributed by atoms with Crippen molar-refractivity contribution in [3.8, 4) is 0 Å². The van der Waals surface area contributed by atoms with Gasteiger partial charge in [0.15, 0.2) is 0 Å². The number of hydrazine groups is 1. The average molecular weight is 232 g/mol. The lowest BCUT2D eigenvalue weighted by atomic mass is 9.82. The fraction of sp³-hybridized carbons (Fsp3) is 0.500. The maximum absolute atomic E-state index is 12.1. The maximum Gasteiger partial charge on any atom is 0.246 e. The van der Waals surface area contributed by atoms with Crippen molar-refractivity contribution in [1.29, 1.82) is 0 Å². The van der Waals surface area contributed by atoms with Gasteiger partial charge >= 0.3 is 0 Å². The Kier molecular flexibility index (Phi) is 3.09. The summed E-state index contributed by atoms with van der Waals surface area (Å²) in [6, 6.07) is 8.22. The highest BCUT2D eigenvalue weighted by Crippen LogP contribution is 2.34. The molecule has 1 amide bonds. The number of carbonyl (C=O) groups is 1. The Morgan fingerprint density at radius 1 is 1.35 bits per heavy atom. The van der Waals surface area contributed by atoms with E-state index in [1.807, 2.05) is 17.1 Å². The number of aryl methyl sites for hydroxylation is 1. The van der Waals surface area contributed by atoms with Crippen LogP contribution in [0.3, 0.4) is 0 Å². The summed E-state index contributed by atoms with van der Waals surface area (Å²) in [5.74, 6) is 0.156. The molecule has 0 saturated carbocycles. The van der Waals surface area contributed by atoms with Gasteiger partial charge in [-0.3, -0.25) is 15.2 Å². The molecule has 3 nitrogen and oxygen atoms in total. The maximum atomic E-state index is 12.1. The fourth-order valence-electron chi connectivity index (χ4n) is 2.40. The summed E-state index contributed by atoms with van der Waals surface area (Å²) in [7, 11) is 0. The summed E-state index contributed by atoms with van der Waals surface area (Å²) >= 11 is 0. The number of rotatable bonds is 3. The lowest BCUT2D eigenvalue weighted by molar-refractivity contribution is -0.127. The van der Waals surface area contributed by atoms with E-state index >= 15 is 0 Å². The molecular weight excluding hydrogens is 212 g/mol. The van der Waals surface area contributed by atoms with Gasteiger partial charge in [0.1, 0.15) is 0 Å². The van der Waals surface area contributed by atoms with E-state index in [-0.39, 0.29) is 11.3 Å². The molecule has 3 heteroatoms. The highest BCUT2D eigenvalue weighted by atomic mass is 16.2. The molecule has 92 valence electrons. The Bertz CT molecular complexity index is 424. The first-order chi connectivity index (χ1) is 8.11. The molecular formula is C14H20N2O. The van der Waals surface area contributed by atoms with Crippen molar-refractivity contribution in [3.05, 3.63) is 29.8 Å². The Morgan fingerprint density at radius 3 is 2.59 bits per heavy atom. The number of anilines is 1. The van der Waals surface area contributed by atoms with Crippen LogP contribution in [0.25, 0.3) is 0 Å². The van der Waals surface area contributed by atoms with Gasteiger partial charge in [-0.05, 0) is 37.5 Å². The van der Waals surface area contributed by atoms with E-state index in [2.05, 4.69) is 38.3 Å². The van der Waals surface area contributed by atoms with E-state index in [0.717, 1.165) is 25.1 Å². The van der Waals surface area contributed by atoms with Crippen LogP contribution in [0.4, 0.5) is 5.69 Å². The Morgan fingerprint density at radius 2 is 2.06 bits per heavy atom. The molecule has 2 rings (SSSR count). The molecule has 0 radical (unpaired) electrons. The highest BCUT2D eigenvalue weighted by Gasteiger charge is 2.43. The summed E-state index contributed by atoms with van der Waals surface area (Å²) in [5.41, 5.74) is 5.05. The van der Waals surface area contributed by atoms with Crippen LogP contribution in [-0.2, 0) is 4.79 Å². The molecule has 0 unspecified atom stereocenters. The smallest absolute Gasteiger partial charge is 0.246 e. The topological polar surface area (TPSA) is 32.3 Å². The minimum Gasteiger partial charge on any atom is -0.284 e. The predicted molar refractivity (Wildman–Crippen MR) is 69.7 cm³/mol. The molecule has 0 aliphatic carbocycles. The molecule has 1 aliphatic rings. The average Bonchev–Trinajstić information content (AvgIpc) is 2.67. The van der Waals surface area contributed by atoms with Gasteiger partial charge in [-0.25, -0.2) is 0 Å². The second-order valence-electron chi connectivity index (χ2n) is 4.85. The van der Waals surface area contributed by atoms with Crippen molar-refractivity contribution in [1.82, 2.24) is 5.43 Å². The van der Waals surface area contributed by atoms with Crippen LogP contribution in [0.2, 0.25) is 0 Å². The van der Waals surface area contributed by atoms with Gasteiger partial charge in [0.2, 0.25) is 5.91 Å². The van der Waals surface area contributed by atoms with E-state index in [1.165, 1.54) is 5.56 Å². The molecule has 1 heterocycles. The van der Waals surface area contributed by atoms with Gasteiger partial charge in [-0.2, -0.15) is 0 Å². The van der Waals surface area contributed by atoms with E-state index in [0.29, 0.717) is 0 Å².